The van der Waals surface area contributed by atoms with Gasteiger partial charge in [0.2, 0.25) is 5.91 Å². The first-order valence-electron chi connectivity index (χ1n) is 6.45. The van der Waals surface area contributed by atoms with E-state index in [2.05, 4.69) is 5.32 Å². The molecule has 2 heterocycles. The Labute approximate surface area is 111 Å². The van der Waals surface area contributed by atoms with E-state index in [4.69, 9.17) is 4.74 Å². The Morgan fingerprint density at radius 2 is 2.32 bits per heavy atom. The zero-order valence-electron chi connectivity index (χ0n) is 10.8. The van der Waals surface area contributed by atoms with Crippen molar-refractivity contribution in [3.05, 3.63) is 23.8 Å². The number of likely N-dealkylation sites (tertiary alicyclic amines) is 1. The van der Waals surface area contributed by atoms with Gasteiger partial charge in [-0.2, -0.15) is 0 Å². The summed E-state index contributed by atoms with van der Waals surface area (Å²) >= 11 is 0. The lowest BCUT2D eigenvalue weighted by Gasteiger charge is -2.20. The average Bonchev–Trinajstić information content (AvgIpc) is 2.87. The second-order valence-electron chi connectivity index (χ2n) is 5.04. The van der Waals surface area contributed by atoms with Crippen molar-refractivity contribution in [2.75, 3.05) is 25.0 Å². The molecule has 1 aromatic rings. The van der Waals surface area contributed by atoms with Crippen LogP contribution in [-0.4, -0.2) is 36.4 Å². The van der Waals surface area contributed by atoms with Crippen LogP contribution in [0.3, 0.4) is 0 Å². The molecule has 1 atom stereocenters. The molecule has 100 valence electrons. The van der Waals surface area contributed by atoms with Crippen molar-refractivity contribution < 1.29 is 14.3 Å². The van der Waals surface area contributed by atoms with Crippen molar-refractivity contribution in [3.8, 4) is 5.75 Å². The number of ether oxygens (including phenoxy) is 1. The number of fused-ring (bicyclic) bond motifs is 1. The number of carbonyl (C=O) groups is 2. The topological polar surface area (TPSA) is 58.6 Å². The molecule has 0 aliphatic carbocycles. The van der Waals surface area contributed by atoms with Gasteiger partial charge in [0, 0.05) is 25.9 Å². The molecule has 0 radical (unpaired) electrons. The molecule has 0 saturated carbocycles. The largest absolute Gasteiger partial charge is 0.482 e. The highest BCUT2D eigenvalue weighted by molar-refractivity contribution is 5.95. The number of amides is 2. The Balaban J connectivity index is 1.81. The second-order valence-corrected chi connectivity index (χ2v) is 5.04. The fourth-order valence-corrected chi connectivity index (χ4v) is 2.67. The first-order valence-corrected chi connectivity index (χ1v) is 6.45. The summed E-state index contributed by atoms with van der Waals surface area (Å²) in [4.78, 5) is 24.5. The lowest BCUT2D eigenvalue weighted by Crippen LogP contribution is -2.26. The number of benzene rings is 1. The molecule has 1 fully saturated rings. The van der Waals surface area contributed by atoms with Crippen LogP contribution in [0.15, 0.2) is 18.2 Å². The lowest BCUT2D eigenvalue weighted by molar-refractivity contribution is -0.127. The summed E-state index contributed by atoms with van der Waals surface area (Å²) in [5.41, 5.74) is 1.88. The molecule has 5 heteroatoms. The highest BCUT2D eigenvalue weighted by Gasteiger charge is 2.26. The summed E-state index contributed by atoms with van der Waals surface area (Å²) in [5.74, 6) is 1.05. The molecule has 2 aliphatic heterocycles. The first-order chi connectivity index (χ1) is 9.13. The van der Waals surface area contributed by atoms with Gasteiger partial charge in [0.15, 0.2) is 6.61 Å². The molecule has 1 saturated heterocycles. The van der Waals surface area contributed by atoms with E-state index in [-0.39, 0.29) is 18.4 Å². The second kappa shape index (κ2) is 4.57. The van der Waals surface area contributed by atoms with Crippen molar-refractivity contribution >= 4 is 17.5 Å². The van der Waals surface area contributed by atoms with Gasteiger partial charge in [-0.15, -0.1) is 0 Å². The third kappa shape index (κ3) is 2.28. The van der Waals surface area contributed by atoms with Gasteiger partial charge in [-0.05, 0) is 24.1 Å². The summed E-state index contributed by atoms with van der Waals surface area (Å²) in [5, 5.41) is 2.81. The molecule has 0 aromatic heterocycles. The third-order valence-corrected chi connectivity index (χ3v) is 3.74. The minimum absolute atomic E-state index is 0.0773. The predicted octanol–water partition coefficient (Wildman–Crippen LogP) is 1.35. The smallest absolute Gasteiger partial charge is 0.262 e. The quantitative estimate of drug-likeness (QED) is 0.829. The molecule has 3 rings (SSSR count). The van der Waals surface area contributed by atoms with Crippen LogP contribution in [0, 0.1) is 0 Å². The minimum Gasteiger partial charge on any atom is -0.482 e. The highest BCUT2D eigenvalue weighted by Crippen LogP contribution is 2.34. The zero-order valence-corrected chi connectivity index (χ0v) is 10.8. The van der Waals surface area contributed by atoms with E-state index >= 15 is 0 Å². The van der Waals surface area contributed by atoms with Gasteiger partial charge in [-0.3, -0.25) is 9.59 Å². The minimum atomic E-state index is -0.124. The van der Waals surface area contributed by atoms with E-state index in [1.807, 2.05) is 23.1 Å². The Morgan fingerprint density at radius 1 is 1.47 bits per heavy atom. The zero-order chi connectivity index (χ0) is 13.4. The maximum absolute atomic E-state index is 11.3. The van der Waals surface area contributed by atoms with Crippen LogP contribution in [0.4, 0.5) is 5.69 Å². The van der Waals surface area contributed by atoms with Crippen LogP contribution in [-0.2, 0) is 9.59 Å². The fraction of sp³-hybridized carbons (Fsp3) is 0.429. The SMILES string of the molecule is CC(=O)N1CCC(c2ccc3c(c2)NC(=O)CO3)C1. The molecular weight excluding hydrogens is 244 g/mol. The molecular formula is C14H16N2O3. The first kappa shape index (κ1) is 12.0. The predicted molar refractivity (Wildman–Crippen MR) is 70.2 cm³/mol. The van der Waals surface area contributed by atoms with Crippen LogP contribution in [0.5, 0.6) is 5.75 Å². The summed E-state index contributed by atoms with van der Waals surface area (Å²) in [6.45, 7) is 3.24. The van der Waals surface area contributed by atoms with Crippen LogP contribution in [0.1, 0.15) is 24.8 Å². The molecule has 5 nitrogen and oxygen atoms in total. The number of hydrogen-bond donors (Lipinski definition) is 1. The Hall–Kier alpha value is -2.04. The number of hydrogen-bond acceptors (Lipinski definition) is 3. The van der Waals surface area contributed by atoms with E-state index < -0.39 is 0 Å². The van der Waals surface area contributed by atoms with Crippen LogP contribution in [0.2, 0.25) is 0 Å². The Bertz CT molecular complexity index is 541. The number of rotatable bonds is 1. The molecule has 1 aromatic carbocycles. The Kier molecular flexibility index (Phi) is 2.89. The van der Waals surface area contributed by atoms with Crippen molar-refractivity contribution in [2.24, 2.45) is 0 Å². The van der Waals surface area contributed by atoms with Gasteiger partial charge in [-0.1, -0.05) is 6.07 Å². The number of nitrogens with zero attached hydrogens (tertiary/aromatic N) is 1. The van der Waals surface area contributed by atoms with Crippen molar-refractivity contribution in [3.63, 3.8) is 0 Å². The van der Waals surface area contributed by atoms with E-state index in [1.54, 1.807) is 6.92 Å². The standard InChI is InChI=1S/C14H16N2O3/c1-9(17)16-5-4-11(7-16)10-2-3-13-12(6-10)15-14(18)8-19-13/h2-3,6,11H,4-5,7-8H2,1H3,(H,15,18). The van der Waals surface area contributed by atoms with Crippen molar-refractivity contribution in [1.82, 2.24) is 4.90 Å². The highest BCUT2D eigenvalue weighted by atomic mass is 16.5. The van der Waals surface area contributed by atoms with Gasteiger partial charge < -0.3 is 15.0 Å². The van der Waals surface area contributed by atoms with Gasteiger partial charge in [-0.25, -0.2) is 0 Å². The summed E-state index contributed by atoms with van der Waals surface area (Å²) in [6, 6.07) is 5.87. The number of nitrogens with one attached hydrogen (secondary N) is 1. The average molecular weight is 260 g/mol. The molecule has 19 heavy (non-hydrogen) atoms. The summed E-state index contributed by atoms with van der Waals surface area (Å²) in [6.07, 6.45) is 0.965. The van der Waals surface area contributed by atoms with E-state index in [9.17, 15) is 9.59 Å². The summed E-state index contributed by atoms with van der Waals surface area (Å²) < 4.78 is 5.34. The normalized spacial score (nSPS) is 21.6. The monoisotopic (exact) mass is 260 g/mol. The number of anilines is 1. The molecule has 1 unspecified atom stereocenters. The van der Waals surface area contributed by atoms with E-state index in [0.29, 0.717) is 11.7 Å². The van der Waals surface area contributed by atoms with Crippen molar-refractivity contribution in [1.29, 1.82) is 0 Å². The molecule has 0 bridgehead atoms. The van der Waals surface area contributed by atoms with Crippen molar-refractivity contribution in [2.45, 2.75) is 19.3 Å². The maximum atomic E-state index is 11.3. The van der Waals surface area contributed by atoms with Crippen LogP contribution >= 0.6 is 0 Å². The number of carbonyl (C=O) groups excluding carboxylic acids is 2. The Morgan fingerprint density at radius 3 is 3.05 bits per heavy atom. The van der Waals surface area contributed by atoms with Gasteiger partial charge >= 0.3 is 0 Å². The van der Waals surface area contributed by atoms with E-state index in [1.165, 1.54) is 0 Å². The van der Waals surface area contributed by atoms with Gasteiger partial charge in [0.25, 0.3) is 5.91 Å². The molecule has 0 spiro atoms. The molecule has 2 aliphatic rings. The van der Waals surface area contributed by atoms with E-state index in [0.717, 1.165) is 30.8 Å². The lowest BCUT2D eigenvalue weighted by atomic mass is 9.97. The maximum Gasteiger partial charge on any atom is 0.262 e. The van der Waals surface area contributed by atoms with Crippen LogP contribution in [0.25, 0.3) is 0 Å². The molecule has 1 N–H and O–H groups in total. The fourth-order valence-electron chi connectivity index (χ4n) is 2.67. The third-order valence-electron chi connectivity index (χ3n) is 3.74. The van der Waals surface area contributed by atoms with Gasteiger partial charge in [0.05, 0.1) is 5.69 Å². The molecule has 2 amide bonds. The van der Waals surface area contributed by atoms with Gasteiger partial charge in [0.1, 0.15) is 5.75 Å². The summed E-state index contributed by atoms with van der Waals surface area (Å²) in [7, 11) is 0. The van der Waals surface area contributed by atoms with Crippen LogP contribution < -0.4 is 10.1 Å².